The van der Waals surface area contributed by atoms with Gasteiger partial charge in [-0.3, -0.25) is 9.78 Å². The van der Waals surface area contributed by atoms with Crippen LogP contribution >= 0.6 is 0 Å². The summed E-state index contributed by atoms with van der Waals surface area (Å²) in [5, 5.41) is 0. The van der Waals surface area contributed by atoms with Crippen molar-refractivity contribution in [1.82, 2.24) is 0 Å². The minimum Gasteiger partial charge on any atom is -0.293 e. The number of carbonyl (C=O) groups excluding carboxylic acids is 2. The van der Waals surface area contributed by atoms with E-state index in [1.165, 1.54) is 0 Å². The SMILES string of the molecule is Cc1ccc(C(=O)OOC2=CCC(C3CCC(OOC(=O)c4ccc(C)c(C)c4)CC3)CC2)cc1C. The van der Waals surface area contributed by atoms with E-state index in [4.69, 9.17) is 19.6 Å². The molecule has 1 fully saturated rings. The van der Waals surface area contributed by atoms with Gasteiger partial charge in [0.05, 0.1) is 11.1 Å². The molecule has 0 N–H and O–H groups in total. The number of allylic oxidation sites excluding steroid dienone is 2. The molecule has 0 heterocycles. The minimum absolute atomic E-state index is 0.0559. The van der Waals surface area contributed by atoms with Gasteiger partial charge >= 0.3 is 11.9 Å². The molecule has 6 heteroatoms. The molecule has 0 radical (unpaired) electrons. The van der Waals surface area contributed by atoms with Crippen molar-refractivity contribution in [1.29, 1.82) is 0 Å². The van der Waals surface area contributed by atoms with Crippen LogP contribution in [0.4, 0.5) is 0 Å². The predicted molar refractivity (Wildman–Crippen MR) is 136 cm³/mol. The van der Waals surface area contributed by atoms with Gasteiger partial charge in [0.15, 0.2) is 5.76 Å². The molecule has 1 unspecified atom stereocenters. The first-order chi connectivity index (χ1) is 17.3. The summed E-state index contributed by atoms with van der Waals surface area (Å²) in [5.74, 6) is 0.989. The maximum atomic E-state index is 12.3. The summed E-state index contributed by atoms with van der Waals surface area (Å²) in [4.78, 5) is 45.7. The zero-order valence-electron chi connectivity index (χ0n) is 21.7. The fourth-order valence-corrected chi connectivity index (χ4v) is 5.03. The van der Waals surface area contributed by atoms with Crippen LogP contribution in [0.3, 0.4) is 0 Å². The second-order valence-corrected chi connectivity index (χ2v) is 10.3. The molecule has 0 bridgehead atoms. The molecule has 4 rings (SSSR count). The minimum atomic E-state index is -0.474. The normalized spacial score (nSPS) is 21.9. The summed E-state index contributed by atoms with van der Waals surface area (Å²) in [7, 11) is 0. The lowest BCUT2D eigenvalue weighted by Gasteiger charge is -2.34. The van der Waals surface area contributed by atoms with E-state index in [1.54, 1.807) is 12.1 Å². The largest absolute Gasteiger partial charge is 0.386 e. The van der Waals surface area contributed by atoms with Crippen LogP contribution in [0.1, 0.15) is 87.9 Å². The van der Waals surface area contributed by atoms with Gasteiger partial charge in [0.2, 0.25) is 0 Å². The van der Waals surface area contributed by atoms with E-state index in [-0.39, 0.29) is 6.10 Å². The molecule has 36 heavy (non-hydrogen) atoms. The smallest absolute Gasteiger partial charge is 0.293 e. The molecule has 2 aromatic carbocycles. The van der Waals surface area contributed by atoms with E-state index in [9.17, 15) is 9.59 Å². The molecular formula is C30H36O6. The van der Waals surface area contributed by atoms with Gasteiger partial charge in [-0.05, 0) is 131 Å². The van der Waals surface area contributed by atoms with E-state index in [1.807, 2.05) is 52.0 Å². The van der Waals surface area contributed by atoms with Crippen molar-refractivity contribution in [3.8, 4) is 0 Å². The van der Waals surface area contributed by atoms with Crippen molar-refractivity contribution in [2.45, 2.75) is 78.7 Å². The highest BCUT2D eigenvalue weighted by atomic mass is 17.2. The molecule has 0 amide bonds. The summed E-state index contributed by atoms with van der Waals surface area (Å²) in [6.45, 7) is 7.96. The van der Waals surface area contributed by atoms with Gasteiger partial charge < -0.3 is 0 Å². The highest BCUT2D eigenvalue weighted by Crippen LogP contribution is 2.38. The average molecular weight is 493 g/mol. The van der Waals surface area contributed by atoms with Crippen LogP contribution in [0.2, 0.25) is 0 Å². The molecule has 0 aliphatic heterocycles. The van der Waals surface area contributed by atoms with E-state index in [2.05, 4.69) is 6.08 Å². The van der Waals surface area contributed by atoms with Crippen LogP contribution in [-0.2, 0) is 19.6 Å². The first kappa shape index (κ1) is 26.0. The third-order valence-corrected chi connectivity index (χ3v) is 7.76. The Morgan fingerprint density at radius 1 is 0.694 bits per heavy atom. The van der Waals surface area contributed by atoms with Crippen LogP contribution in [0, 0.1) is 39.5 Å². The number of aryl methyl sites for hydroxylation is 4. The molecule has 192 valence electrons. The second kappa shape index (κ2) is 11.7. The number of hydrogen-bond acceptors (Lipinski definition) is 6. The van der Waals surface area contributed by atoms with Crippen LogP contribution in [-0.4, -0.2) is 18.0 Å². The number of rotatable bonds is 7. The Morgan fingerprint density at radius 2 is 1.28 bits per heavy atom. The molecule has 2 aromatic rings. The molecule has 2 aliphatic rings. The van der Waals surface area contributed by atoms with E-state index in [0.29, 0.717) is 23.0 Å². The van der Waals surface area contributed by atoms with E-state index in [0.717, 1.165) is 73.0 Å². The first-order valence-corrected chi connectivity index (χ1v) is 12.9. The van der Waals surface area contributed by atoms with Gasteiger partial charge in [-0.25, -0.2) is 14.5 Å². The van der Waals surface area contributed by atoms with Crippen molar-refractivity contribution in [2.75, 3.05) is 0 Å². The highest BCUT2D eigenvalue weighted by Gasteiger charge is 2.30. The van der Waals surface area contributed by atoms with Crippen LogP contribution in [0.15, 0.2) is 48.2 Å². The lowest BCUT2D eigenvalue weighted by Crippen LogP contribution is -2.28. The second-order valence-electron chi connectivity index (χ2n) is 10.3. The Labute approximate surface area is 213 Å². The lowest BCUT2D eigenvalue weighted by molar-refractivity contribution is -0.281. The monoisotopic (exact) mass is 492 g/mol. The van der Waals surface area contributed by atoms with Crippen molar-refractivity contribution >= 4 is 11.9 Å². The van der Waals surface area contributed by atoms with Gasteiger partial charge in [0, 0.05) is 6.42 Å². The van der Waals surface area contributed by atoms with Crippen molar-refractivity contribution in [3.63, 3.8) is 0 Å². The first-order valence-electron chi connectivity index (χ1n) is 12.9. The summed E-state index contributed by atoms with van der Waals surface area (Å²) in [6.07, 6.45) is 8.51. The Hall–Kier alpha value is -3.12. The maximum absolute atomic E-state index is 12.3. The molecule has 1 saturated carbocycles. The fourth-order valence-electron chi connectivity index (χ4n) is 5.03. The van der Waals surface area contributed by atoms with Crippen LogP contribution in [0.25, 0.3) is 0 Å². The summed E-state index contributed by atoms with van der Waals surface area (Å²) >= 11 is 0. The van der Waals surface area contributed by atoms with Crippen LogP contribution < -0.4 is 0 Å². The molecule has 6 nitrogen and oxygen atoms in total. The van der Waals surface area contributed by atoms with Crippen molar-refractivity contribution in [3.05, 3.63) is 81.6 Å². The zero-order valence-corrected chi connectivity index (χ0v) is 21.7. The Kier molecular flexibility index (Phi) is 8.47. The van der Waals surface area contributed by atoms with Gasteiger partial charge in [-0.15, -0.1) is 0 Å². The van der Waals surface area contributed by atoms with Crippen molar-refractivity contribution < 1.29 is 29.1 Å². The molecule has 0 spiro atoms. The molecule has 0 saturated heterocycles. The zero-order chi connectivity index (χ0) is 25.7. The topological polar surface area (TPSA) is 71.1 Å². The van der Waals surface area contributed by atoms with Gasteiger partial charge in [-0.2, -0.15) is 4.89 Å². The predicted octanol–water partition coefficient (Wildman–Crippen LogP) is 7.04. The molecular weight excluding hydrogens is 456 g/mol. The number of benzene rings is 2. The lowest BCUT2D eigenvalue weighted by atomic mass is 9.74. The molecule has 0 aromatic heterocycles. The Bertz CT molecular complexity index is 1130. The number of carbonyl (C=O) groups is 2. The summed E-state index contributed by atoms with van der Waals surface area (Å²) < 4.78 is 0. The van der Waals surface area contributed by atoms with Gasteiger partial charge in [-0.1, -0.05) is 12.1 Å². The molecule has 2 aliphatic carbocycles. The Morgan fingerprint density at radius 3 is 1.81 bits per heavy atom. The highest BCUT2D eigenvalue weighted by molar-refractivity contribution is 5.89. The third kappa shape index (κ3) is 6.55. The van der Waals surface area contributed by atoms with E-state index >= 15 is 0 Å². The maximum Gasteiger partial charge on any atom is 0.386 e. The van der Waals surface area contributed by atoms with Gasteiger partial charge in [0.25, 0.3) is 0 Å². The Balaban J connectivity index is 1.17. The third-order valence-electron chi connectivity index (χ3n) is 7.76. The quantitative estimate of drug-likeness (QED) is 0.305. The average Bonchev–Trinajstić information content (AvgIpc) is 2.89. The standard InChI is InChI=1S/C30H36O6/c1-19-5-7-25(17-21(19)3)29(31)35-33-27-13-9-23(10-14-27)24-11-15-28(16-12-24)34-36-30(32)26-8-6-20(2)22(4)18-26/h5-8,13,17-18,23-24,28H,9-12,14-16H2,1-4H3. The number of hydrogen-bond donors (Lipinski definition) is 0. The van der Waals surface area contributed by atoms with Gasteiger partial charge in [0.1, 0.15) is 6.10 Å². The van der Waals surface area contributed by atoms with Crippen LogP contribution in [0.5, 0.6) is 0 Å². The van der Waals surface area contributed by atoms with Crippen molar-refractivity contribution in [2.24, 2.45) is 11.8 Å². The summed E-state index contributed by atoms with van der Waals surface area (Å²) in [6, 6.07) is 11.0. The van der Waals surface area contributed by atoms with E-state index < -0.39 is 11.9 Å². The fraction of sp³-hybridized carbons (Fsp3) is 0.467. The summed E-state index contributed by atoms with van der Waals surface area (Å²) in [5.41, 5.74) is 5.38. The molecule has 1 atom stereocenters.